The van der Waals surface area contributed by atoms with E-state index in [-0.39, 0.29) is 23.6 Å². The number of benzene rings is 2. The molecule has 0 aliphatic carbocycles. The van der Waals surface area contributed by atoms with Crippen molar-refractivity contribution in [1.29, 1.82) is 0 Å². The molecular formula is C18H17ClN4O4. The lowest BCUT2D eigenvalue weighted by molar-refractivity contribution is -0.385. The number of hydrazone groups is 1. The van der Waals surface area contributed by atoms with Gasteiger partial charge in [0.2, 0.25) is 5.91 Å². The molecule has 0 radical (unpaired) electrons. The highest BCUT2D eigenvalue weighted by atomic mass is 35.5. The molecule has 0 aliphatic rings. The Morgan fingerprint density at radius 1 is 1.19 bits per heavy atom. The quantitative estimate of drug-likeness (QED) is 0.446. The zero-order chi connectivity index (χ0) is 20.0. The zero-order valence-corrected chi connectivity index (χ0v) is 15.4. The average Bonchev–Trinajstić information content (AvgIpc) is 2.63. The first kappa shape index (κ1) is 20.1. The number of rotatable bonds is 6. The fourth-order valence-electron chi connectivity index (χ4n) is 2.24. The second-order valence-electron chi connectivity index (χ2n) is 5.70. The molecule has 2 rings (SSSR count). The number of hydrogen-bond acceptors (Lipinski definition) is 5. The first-order valence-corrected chi connectivity index (χ1v) is 8.29. The van der Waals surface area contributed by atoms with E-state index in [0.29, 0.717) is 16.4 Å². The predicted octanol–water partition coefficient (Wildman–Crippen LogP) is 3.69. The summed E-state index contributed by atoms with van der Waals surface area (Å²) in [5.41, 5.74) is 3.45. The Kier molecular flexibility index (Phi) is 6.62. The molecule has 0 saturated carbocycles. The Balaban J connectivity index is 2.00. The van der Waals surface area contributed by atoms with Gasteiger partial charge in [0.1, 0.15) is 5.56 Å². The predicted molar refractivity (Wildman–Crippen MR) is 103 cm³/mol. The Hall–Kier alpha value is -3.26. The van der Waals surface area contributed by atoms with Gasteiger partial charge in [0.15, 0.2) is 0 Å². The summed E-state index contributed by atoms with van der Waals surface area (Å²) < 4.78 is 0. The first-order valence-electron chi connectivity index (χ1n) is 7.91. The Morgan fingerprint density at radius 2 is 1.89 bits per heavy atom. The van der Waals surface area contributed by atoms with Crippen LogP contribution in [0.25, 0.3) is 0 Å². The maximum Gasteiger partial charge on any atom is 0.282 e. The molecule has 9 heteroatoms. The maximum absolute atomic E-state index is 12.1. The first-order chi connectivity index (χ1) is 12.8. The number of anilines is 1. The van der Waals surface area contributed by atoms with Crippen LogP contribution in [0.1, 0.15) is 29.3 Å². The van der Waals surface area contributed by atoms with Crippen LogP contribution in [0, 0.1) is 17.0 Å². The van der Waals surface area contributed by atoms with Gasteiger partial charge in [0.25, 0.3) is 11.6 Å². The number of nitro benzene ring substituents is 1. The molecule has 2 N–H and O–H groups in total. The van der Waals surface area contributed by atoms with Gasteiger partial charge in [0, 0.05) is 22.5 Å². The Bertz CT molecular complexity index is 927. The summed E-state index contributed by atoms with van der Waals surface area (Å²) in [6, 6.07) is 10.7. The van der Waals surface area contributed by atoms with Gasteiger partial charge < -0.3 is 5.32 Å². The fraction of sp³-hybridized carbons (Fsp3) is 0.167. The van der Waals surface area contributed by atoms with Crippen molar-refractivity contribution in [2.24, 2.45) is 5.10 Å². The van der Waals surface area contributed by atoms with Crippen molar-refractivity contribution in [3.05, 3.63) is 68.7 Å². The third-order valence-electron chi connectivity index (χ3n) is 3.65. The Labute approximate surface area is 160 Å². The lowest BCUT2D eigenvalue weighted by atomic mass is 10.2. The third kappa shape index (κ3) is 5.35. The topological polar surface area (TPSA) is 114 Å². The standard InChI is InChI=1S/C18H17ClN4O4/c1-11(10-17(24)20-15-8-5-7-14(19)12(15)2)21-22-18(25)13-6-3-4-9-16(13)23(26)27/h3-9H,10H2,1-2H3,(H,20,24)(H,22,25). The molecule has 27 heavy (non-hydrogen) atoms. The number of nitrogens with zero attached hydrogens (tertiary/aromatic N) is 2. The van der Waals surface area contributed by atoms with Gasteiger partial charge in [-0.3, -0.25) is 19.7 Å². The second-order valence-corrected chi connectivity index (χ2v) is 6.11. The van der Waals surface area contributed by atoms with Gasteiger partial charge in [-0.1, -0.05) is 29.8 Å². The van der Waals surface area contributed by atoms with E-state index in [2.05, 4.69) is 15.8 Å². The molecular weight excluding hydrogens is 372 g/mol. The molecule has 2 aromatic rings. The number of hydrogen-bond donors (Lipinski definition) is 2. The number of halogens is 1. The van der Waals surface area contributed by atoms with E-state index in [1.807, 2.05) is 0 Å². The summed E-state index contributed by atoms with van der Waals surface area (Å²) in [4.78, 5) is 34.5. The van der Waals surface area contributed by atoms with Crippen molar-refractivity contribution in [1.82, 2.24) is 5.43 Å². The lowest BCUT2D eigenvalue weighted by Gasteiger charge is -2.09. The smallest absolute Gasteiger partial charge is 0.282 e. The van der Waals surface area contributed by atoms with Crippen molar-refractivity contribution in [2.45, 2.75) is 20.3 Å². The molecule has 2 aromatic carbocycles. The van der Waals surface area contributed by atoms with Gasteiger partial charge in [-0.2, -0.15) is 5.10 Å². The van der Waals surface area contributed by atoms with Crippen LogP contribution in [0.2, 0.25) is 5.02 Å². The minimum atomic E-state index is -0.729. The van der Waals surface area contributed by atoms with Crippen LogP contribution in [0.15, 0.2) is 47.6 Å². The number of nitrogens with one attached hydrogen (secondary N) is 2. The molecule has 140 valence electrons. The highest BCUT2D eigenvalue weighted by Crippen LogP contribution is 2.23. The van der Waals surface area contributed by atoms with E-state index >= 15 is 0 Å². The van der Waals surface area contributed by atoms with Crippen molar-refractivity contribution in [3.63, 3.8) is 0 Å². The normalized spacial score (nSPS) is 11.0. The molecule has 0 spiro atoms. The molecule has 0 saturated heterocycles. The van der Waals surface area contributed by atoms with Crippen molar-refractivity contribution >= 4 is 40.5 Å². The molecule has 0 fully saturated rings. The largest absolute Gasteiger partial charge is 0.325 e. The highest BCUT2D eigenvalue weighted by Gasteiger charge is 2.18. The molecule has 2 amide bonds. The van der Waals surface area contributed by atoms with E-state index in [0.717, 1.165) is 5.56 Å². The van der Waals surface area contributed by atoms with Crippen LogP contribution < -0.4 is 10.7 Å². The maximum atomic E-state index is 12.1. The minimum Gasteiger partial charge on any atom is -0.325 e. The second kappa shape index (κ2) is 8.91. The van der Waals surface area contributed by atoms with Gasteiger partial charge in [-0.25, -0.2) is 5.43 Å². The number of amides is 2. The van der Waals surface area contributed by atoms with Crippen LogP contribution in [0.4, 0.5) is 11.4 Å². The SMILES string of the molecule is CC(CC(=O)Nc1cccc(Cl)c1C)=NNC(=O)c1ccccc1[N+](=O)[O-]. The van der Waals surface area contributed by atoms with E-state index in [1.165, 1.54) is 24.3 Å². The van der Waals surface area contributed by atoms with Crippen molar-refractivity contribution < 1.29 is 14.5 Å². The summed E-state index contributed by atoms with van der Waals surface area (Å²) in [7, 11) is 0. The van der Waals surface area contributed by atoms with Gasteiger partial charge in [-0.15, -0.1) is 0 Å². The lowest BCUT2D eigenvalue weighted by Crippen LogP contribution is -2.22. The molecule has 0 bridgehead atoms. The van der Waals surface area contributed by atoms with Crippen molar-refractivity contribution in [3.8, 4) is 0 Å². The van der Waals surface area contributed by atoms with Crippen LogP contribution in [-0.2, 0) is 4.79 Å². The van der Waals surface area contributed by atoms with E-state index < -0.39 is 10.8 Å². The molecule has 8 nitrogen and oxygen atoms in total. The van der Waals surface area contributed by atoms with Gasteiger partial charge in [0.05, 0.1) is 11.3 Å². The third-order valence-corrected chi connectivity index (χ3v) is 4.06. The van der Waals surface area contributed by atoms with E-state index in [1.54, 1.807) is 32.0 Å². The number of nitro groups is 1. The summed E-state index contributed by atoms with van der Waals surface area (Å²) in [5.74, 6) is -1.06. The summed E-state index contributed by atoms with van der Waals surface area (Å²) in [6.45, 7) is 3.34. The monoisotopic (exact) mass is 388 g/mol. The molecule has 0 unspecified atom stereocenters. The summed E-state index contributed by atoms with van der Waals surface area (Å²) in [6.07, 6.45) is -0.0664. The van der Waals surface area contributed by atoms with Crippen LogP contribution >= 0.6 is 11.6 Å². The number of carbonyl (C=O) groups is 2. The summed E-state index contributed by atoms with van der Waals surface area (Å²) >= 11 is 6.01. The highest BCUT2D eigenvalue weighted by molar-refractivity contribution is 6.31. The minimum absolute atomic E-state index is 0.0664. The van der Waals surface area contributed by atoms with Crippen molar-refractivity contribution in [2.75, 3.05) is 5.32 Å². The van der Waals surface area contributed by atoms with Crippen LogP contribution in [0.5, 0.6) is 0 Å². The molecule has 0 heterocycles. The number of carbonyl (C=O) groups excluding carboxylic acids is 2. The molecule has 0 aromatic heterocycles. The molecule has 0 atom stereocenters. The van der Waals surface area contributed by atoms with Crippen LogP contribution in [-0.4, -0.2) is 22.4 Å². The average molecular weight is 389 g/mol. The van der Waals surface area contributed by atoms with Gasteiger partial charge in [-0.05, 0) is 37.6 Å². The van der Waals surface area contributed by atoms with E-state index in [4.69, 9.17) is 11.6 Å². The fourth-order valence-corrected chi connectivity index (χ4v) is 2.41. The van der Waals surface area contributed by atoms with E-state index in [9.17, 15) is 19.7 Å². The zero-order valence-electron chi connectivity index (χ0n) is 14.7. The van der Waals surface area contributed by atoms with Gasteiger partial charge >= 0.3 is 0 Å². The van der Waals surface area contributed by atoms with Crippen LogP contribution in [0.3, 0.4) is 0 Å². The Morgan fingerprint density at radius 3 is 2.59 bits per heavy atom. The number of para-hydroxylation sites is 1. The molecule has 0 aliphatic heterocycles. The summed E-state index contributed by atoms with van der Waals surface area (Å²) in [5, 5.41) is 18.0.